The van der Waals surface area contributed by atoms with Crippen LogP contribution in [0.5, 0.6) is 5.75 Å². The molecule has 3 rings (SSSR count). The number of piperazine rings is 1. The molecule has 5 nitrogen and oxygen atoms in total. The quantitative estimate of drug-likeness (QED) is 0.854. The van der Waals surface area contributed by atoms with Gasteiger partial charge in [0, 0.05) is 26.2 Å². The lowest BCUT2D eigenvalue weighted by Crippen LogP contribution is -2.48. The number of anilines is 1. The second-order valence-corrected chi connectivity index (χ2v) is 7.82. The van der Waals surface area contributed by atoms with Crippen molar-refractivity contribution < 1.29 is 13.2 Å². The highest BCUT2D eigenvalue weighted by molar-refractivity contribution is 7.89. The lowest BCUT2D eigenvalue weighted by atomic mass is 10.1. The van der Waals surface area contributed by atoms with Crippen LogP contribution in [0.25, 0.3) is 0 Å². The van der Waals surface area contributed by atoms with Crippen molar-refractivity contribution in [3.05, 3.63) is 54.1 Å². The number of hydrogen-bond acceptors (Lipinski definition) is 4. The van der Waals surface area contributed by atoms with E-state index in [-0.39, 0.29) is 0 Å². The van der Waals surface area contributed by atoms with E-state index in [9.17, 15) is 8.42 Å². The van der Waals surface area contributed by atoms with Gasteiger partial charge in [-0.15, -0.1) is 0 Å². The summed E-state index contributed by atoms with van der Waals surface area (Å²) in [6.45, 7) is 4.26. The summed E-state index contributed by atoms with van der Waals surface area (Å²) in [7, 11) is -1.76. The number of nitrogens with zero attached hydrogens (tertiary/aromatic N) is 2. The van der Waals surface area contributed by atoms with E-state index in [0.29, 0.717) is 31.1 Å². The number of rotatable bonds is 4. The average molecular weight is 346 g/mol. The molecule has 1 heterocycles. The molecule has 0 bridgehead atoms. The first-order valence-corrected chi connectivity index (χ1v) is 9.41. The molecule has 1 fully saturated rings. The van der Waals surface area contributed by atoms with Crippen LogP contribution in [0.1, 0.15) is 5.56 Å². The Balaban J connectivity index is 1.76. The fraction of sp³-hybridized carbons (Fsp3) is 0.333. The largest absolute Gasteiger partial charge is 0.495 e. The van der Waals surface area contributed by atoms with Crippen molar-refractivity contribution in [2.45, 2.75) is 11.8 Å². The molecule has 24 heavy (non-hydrogen) atoms. The number of hydrogen-bond donors (Lipinski definition) is 0. The minimum atomic E-state index is -3.42. The van der Waals surface area contributed by atoms with E-state index in [2.05, 4.69) is 11.0 Å². The van der Waals surface area contributed by atoms with Gasteiger partial charge in [-0.2, -0.15) is 4.31 Å². The van der Waals surface area contributed by atoms with E-state index in [1.54, 1.807) is 35.7 Å². The number of methoxy groups -OCH3 is 1. The molecule has 0 aliphatic carbocycles. The molecule has 0 unspecified atom stereocenters. The molecule has 0 radical (unpaired) electrons. The van der Waals surface area contributed by atoms with E-state index in [1.165, 1.54) is 0 Å². The summed E-state index contributed by atoms with van der Waals surface area (Å²) in [5.74, 6) is 0.819. The van der Waals surface area contributed by atoms with Gasteiger partial charge in [0.2, 0.25) is 10.0 Å². The highest BCUT2D eigenvalue weighted by Gasteiger charge is 2.29. The van der Waals surface area contributed by atoms with Crippen LogP contribution in [0.2, 0.25) is 0 Å². The molecule has 1 aliphatic heterocycles. The molecule has 2 aromatic rings. The van der Waals surface area contributed by atoms with Gasteiger partial charge in [-0.05, 0) is 36.8 Å². The van der Waals surface area contributed by atoms with Gasteiger partial charge >= 0.3 is 0 Å². The maximum atomic E-state index is 12.7. The Labute approximate surface area is 143 Å². The van der Waals surface area contributed by atoms with Crippen molar-refractivity contribution in [1.29, 1.82) is 0 Å². The predicted molar refractivity (Wildman–Crippen MR) is 95.1 cm³/mol. The van der Waals surface area contributed by atoms with E-state index >= 15 is 0 Å². The van der Waals surface area contributed by atoms with Crippen molar-refractivity contribution in [1.82, 2.24) is 4.31 Å². The van der Waals surface area contributed by atoms with Crippen molar-refractivity contribution in [3.63, 3.8) is 0 Å². The predicted octanol–water partition coefficient (Wildman–Crippen LogP) is 2.51. The van der Waals surface area contributed by atoms with Crippen molar-refractivity contribution in [3.8, 4) is 5.75 Å². The van der Waals surface area contributed by atoms with E-state index in [0.717, 1.165) is 17.0 Å². The summed E-state index contributed by atoms with van der Waals surface area (Å²) in [6.07, 6.45) is 0. The Morgan fingerprint density at radius 1 is 0.958 bits per heavy atom. The number of sulfonamides is 1. The Morgan fingerprint density at radius 3 is 2.25 bits per heavy atom. The second-order valence-electron chi connectivity index (χ2n) is 5.88. The van der Waals surface area contributed by atoms with Gasteiger partial charge in [-0.1, -0.05) is 24.3 Å². The molecular formula is C18H22N2O3S. The minimum Gasteiger partial charge on any atom is -0.495 e. The van der Waals surface area contributed by atoms with Crippen LogP contribution in [-0.4, -0.2) is 46.0 Å². The summed E-state index contributed by atoms with van der Waals surface area (Å²) < 4.78 is 32.4. The molecule has 0 saturated carbocycles. The summed E-state index contributed by atoms with van der Waals surface area (Å²) in [5, 5.41) is 0. The Morgan fingerprint density at radius 2 is 1.62 bits per heavy atom. The van der Waals surface area contributed by atoms with E-state index < -0.39 is 10.0 Å². The van der Waals surface area contributed by atoms with Gasteiger partial charge in [0.15, 0.2) is 0 Å². The molecular weight excluding hydrogens is 324 g/mol. The van der Waals surface area contributed by atoms with Crippen molar-refractivity contribution in [2.24, 2.45) is 0 Å². The number of benzene rings is 2. The van der Waals surface area contributed by atoms with Gasteiger partial charge < -0.3 is 9.64 Å². The van der Waals surface area contributed by atoms with Crippen LogP contribution in [0.4, 0.5) is 5.69 Å². The second kappa shape index (κ2) is 6.83. The molecule has 0 N–H and O–H groups in total. The fourth-order valence-corrected chi connectivity index (χ4v) is 4.40. The van der Waals surface area contributed by atoms with Gasteiger partial charge in [0.25, 0.3) is 0 Å². The number of ether oxygens (including phenoxy) is 1. The summed E-state index contributed by atoms with van der Waals surface area (Å²) in [6, 6.07) is 14.7. The average Bonchev–Trinajstić information content (AvgIpc) is 2.62. The Hall–Kier alpha value is -2.05. The minimum absolute atomic E-state index is 0.353. The van der Waals surface area contributed by atoms with Crippen LogP contribution in [-0.2, 0) is 10.0 Å². The maximum Gasteiger partial charge on any atom is 0.243 e. The topological polar surface area (TPSA) is 49.9 Å². The van der Waals surface area contributed by atoms with Crippen LogP contribution < -0.4 is 9.64 Å². The summed E-state index contributed by atoms with van der Waals surface area (Å²) >= 11 is 0. The van der Waals surface area contributed by atoms with Crippen LogP contribution in [0.15, 0.2) is 53.4 Å². The number of aryl methyl sites for hydroxylation is 1. The molecule has 0 spiro atoms. The lowest BCUT2D eigenvalue weighted by molar-refractivity contribution is 0.378. The van der Waals surface area contributed by atoms with Crippen LogP contribution in [0, 0.1) is 6.92 Å². The van der Waals surface area contributed by atoms with Crippen LogP contribution in [0.3, 0.4) is 0 Å². The summed E-state index contributed by atoms with van der Waals surface area (Å²) in [4.78, 5) is 2.54. The molecule has 0 atom stereocenters. The molecule has 6 heteroatoms. The maximum absolute atomic E-state index is 12.7. The zero-order chi connectivity index (χ0) is 17.2. The monoisotopic (exact) mass is 346 g/mol. The zero-order valence-corrected chi connectivity index (χ0v) is 14.8. The third-order valence-corrected chi connectivity index (χ3v) is 6.21. The smallest absolute Gasteiger partial charge is 0.243 e. The molecule has 1 saturated heterocycles. The van der Waals surface area contributed by atoms with Gasteiger partial charge in [0.05, 0.1) is 17.7 Å². The van der Waals surface area contributed by atoms with E-state index in [1.807, 2.05) is 25.1 Å². The third kappa shape index (κ3) is 3.25. The molecule has 1 aliphatic rings. The first-order valence-electron chi connectivity index (χ1n) is 7.97. The third-order valence-electron chi connectivity index (χ3n) is 4.29. The SMILES string of the molecule is COc1ccc(C)cc1N1CCN(S(=O)(=O)c2ccccc2)CC1. The van der Waals surface area contributed by atoms with E-state index in [4.69, 9.17) is 4.74 Å². The highest BCUT2D eigenvalue weighted by Crippen LogP contribution is 2.30. The Bertz CT molecular complexity index is 798. The van der Waals surface area contributed by atoms with Crippen molar-refractivity contribution in [2.75, 3.05) is 38.2 Å². The molecule has 0 amide bonds. The normalized spacial score (nSPS) is 16.2. The van der Waals surface area contributed by atoms with Crippen molar-refractivity contribution >= 4 is 15.7 Å². The Kier molecular flexibility index (Phi) is 4.78. The van der Waals surface area contributed by atoms with Gasteiger partial charge in [-0.25, -0.2) is 8.42 Å². The zero-order valence-electron chi connectivity index (χ0n) is 14.0. The lowest BCUT2D eigenvalue weighted by Gasteiger charge is -2.36. The van der Waals surface area contributed by atoms with Crippen LogP contribution >= 0.6 is 0 Å². The fourth-order valence-electron chi connectivity index (χ4n) is 2.96. The van der Waals surface area contributed by atoms with Gasteiger partial charge in [-0.3, -0.25) is 0 Å². The molecule has 128 valence electrons. The molecule has 2 aromatic carbocycles. The standard InChI is InChI=1S/C18H22N2O3S/c1-15-8-9-18(23-2)17(14-15)19-10-12-20(13-11-19)24(21,22)16-6-4-3-5-7-16/h3-9,14H,10-13H2,1-2H3. The first kappa shape index (κ1) is 16.8. The van der Waals surface area contributed by atoms with Gasteiger partial charge in [0.1, 0.15) is 5.75 Å². The summed E-state index contributed by atoms with van der Waals surface area (Å²) in [5.41, 5.74) is 2.18. The first-order chi connectivity index (χ1) is 11.5. The molecule has 0 aromatic heterocycles. The highest BCUT2D eigenvalue weighted by atomic mass is 32.2.